The fourth-order valence-corrected chi connectivity index (χ4v) is 13.1. The quantitative estimate of drug-likeness (QED) is 0.399. The molecule has 1 aliphatic heterocycles. The molecule has 0 N–H and O–H groups in total. The third-order valence-corrected chi connectivity index (χ3v) is 15.5. The maximum absolute atomic E-state index is 13.7. The number of rotatable bonds is 8. The summed E-state index contributed by atoms with van der Waals surface area (Å²) in [5.74, 6) is 0. The minimum Gasteiger partial charge on any atom is -0.405 e. The second kappa shape index (κ2) is 9.03. The molecule has 6 heteroatoms. The zero-order valence-corrected chi connectivity index (χ0v) is 22.3. The Kier molecular flexibility index (Phi) is 7.14. The van der Waals surface area contributed by atoms with E-state index < -0.39 is 23.9 Å². The summed E-state index contributed by atoms with van der Waals surface area (Å²) in [5, 5.41) is 0. The lowest BCUT2D eigenvalue weighted by Crippen LogP contribution is -2.60. The van der Waals surface area contributed by atoms with Crippen LogP contribution in [0.15, 0.2) is 40.9 Å². The lowest BCUT2D eigenvalue weighted by atomic mass is 9.76. The van der Waals surface area contributed by atoms with Crippen molar-refractivity contribution in [2.75, 3.05) is 6.54 Å². The van der Waals surface area contributed by atoms with Gasteiger partial charge in [-0.3, -0.25) is 4.31 Å². The Morgan fingerprint density at radius 3 is 1.94 bits per heavy atom. The van der Waals surface area contributed by atoms with Crippen LogP contribution in [0.1, 0.15) is 79.2 Å². The second-order valence-corrected chi connectivity index (χ2v) is 17.6. The first kappa shape index (κ1) is 24.5. The molecule has 0 aromatic heterocycles. The Morgan fingerprint density at radius 1 is 0.935 bits per heavy atom. The molecule has 0 bridgehead atoms. The van der Waals surface area contributed by atoms with Gasteiger partial charge in [-0.1, -0.05) is 65.3 Å². The molecule has 0 saturated heterocycles. The minimum absolute atomic E-state index is 0.375. The Bertz CT molecular complexity index is 877. The van der Waals surface area contributed by atoms with Crippen LogP contribution in [0.3, 0.4) is 0 Å². The summed E-state index contributed by atoms with van der Waals surface area (Å²) in [7, 11) is -5.76. The van der Waals surface area contributed by atoms with Gasteiger partial charge in [-0.15, -0.1) is 0 Å². The molecule has 1 aromatic rings. The molecule has 3 rings (SSSR count). The highest BCUT2D eigenvalue weighted by Gasteiger charge is 2.55. The van der Waals surface area contributed by atoms with E-state index in [0.29, 0.717) is 28.1 Å². The monoisotopic (exact) mass is 463 g/mol. The molecule has 0 radical (unpaired) electrons. The standard InChI is InChI=1S/C25H41NO3SSi/c1-19(2)31(20(3)4,21(5)6)29-25(16-10-17-25)24-11-8-9-18-26(24)30(27,28)23-14-12-22(7)13-15-23/h11-15,19-21H,8-10,16-18H2,1-7H3. The van der Waals surface area contributed by atoms with Crippen LogP contribution in [-0.2, 0) is 14.4 Å². The molecule has 0 unspecified atom stereocenters. The van der Waals surface area contributed by atoms with E-state index in [2.05, 4.69) is 47.6 Å². The molecule has 2 aliphatic rings. The largest absolute Gasteiger partial charge is 0.405 e. The maximum atomic E-state index is 13.7. The van der Waals surface area contributed by atoms with Crippen LogP contribution in [-0.4, -0.2) is 33.2 Å². The van der Waals surface area contributed by atoms with Crippen molar-refractivity contribution in [3.8, 4) is 0 Å². The number of hydrogen-bond donors (Lipinski definition) is 0. The molecule has 1 aromatic carbocycles. The molecule has 1 heterocycles. The molecule has 1 saturated carbocycles. The van der Waals surface area contributed by atoms with E-state index in [1.165, 1.54) is 0 Å². The van der Waals surface area contributed by atoms with Gasteiger partial charge in [0.2, 0.25) is 8.32 Å². The smallest absolute Gasteiger partial charge is 0.264 e. The van der Waals surface area contributed by atoms with E-state index in [9.17, 15) is 8.42 Å². The predicted molar refractivity (Wildman–Crippen MR) is 131 cm³/mol. The first-order chi connectivity index (χ1) is 14.5. The Labute approximate surface area is 191 Å². The number of sulfonamides is 1. The van der Waals surface area contributed by atoms with Crippen molar-refractivity contribution in [3.05, 3.63) is 41.6 Å². The van der Waals surface area contributed by atoms with Crippen molar-refractivity contribution in [2.45, 2.75) is 108 Å². The summed E-state index contributed by atoms with van der Waals surface area (Å²) in [4.78, 5) is 0.375. The summed E-state index contributed by atoms with van der Waals surface area (Å²) in [5.41, 5.74) is 2.92. The van der Waals surface area contributed by atoms with Crippen LogP contribution in [0, 0.1) is 6.92 Å². The molecular weight excluding hydrogens is 422 g/mol. The van der Waals surface area contributed by atoms with E-state index in [4.69, 9.17) is 4.43 Å². The fraction of sp³-hybridized carbons (Fsp3) is 0.680. The fourth-order valence-electron chi connectivity index (χ4n) is 5.80. The van der Waals surface area contributed by atoms with E-state index in [1.807, 2.05) is 19.1 Å². The molecule has 0 spiro atoms. The molecule has 4 nitrogen and oxygen atoms in total. The van der Waals surface area contributed by atoms with E-state index >= 15 is 0 Å². The lowest BCUT2D eigenvalue weighted by Gasteiger charge is -2.55. The Balaban J connectivity index is 2.04. The highest BCUT2D eigenvalue weighted by atomic mass is 32.2. The van der Waals surface area contributed by atoms with Crippen LogP contribution in [0.25, 0.3) is 0 Å². The van der Waals surface area contributed by atoms with Gasteiger partial charge in [0.1, 0.15) is 0 Å². The van der Waals surface area contributed by atoms with Crippen LogP contribution < -0.4 is 0 Å². The van der Waals surface area contributed by atoms with Crippen molar-refractivity contribution in [1.82, 2.24) is 4.31 Å². The van der Waals surface area contributed by atoms with Crippen LogP contribution >= 0.6 is 0 Å². The topological polar surface area (TPSA) is 46.6 Å². The normalized spacial score (nSPS) is 19.7. The van der Waals surface area contributed by atoms with Gasteiger partial charge in [0.05, 0.1) is 16.2 Å². The third kappa shape index (κ3) is 4.28. The first-order valence-electron chi connectivity index (χ1n) is 12.0. The van der Waals surface area contributed by atoms with Gasteiger partial charge in [0.15, 0.2) is 0 Å². The summed E-state index contributed by atoms with van der Waals surface area (Å²) in [6.07, 6.45) is 6.86. The van der Waals surface area contributed by atoms with Gasteiger partial charge < -0.3 is 4.43 Å². The van der Waals surface area contributed by atoms with Crippen molar-refractivity contribution >= 4 is 18.3 Å². The summed E-state index contributed by atoms with van der Waals surface area (Å²) < 4.78 is 36.4. The van der Waals surface area contributed by atoms with Gasteiger partial charge in [-0.05, 0) is 67.8 Å². The van der Waals surface area contributed by atoms with Crippen molar-refractivity contribution < 1.29 is 12.8 Å². The van der Waals surface area contributed by atoms with Crippen molar-refractivity contribution in [2.24, 2.45) is 0 Å². The number of benzene rings is 1. The first-order valence-corrected chi connectivity index (χ1v) is 15.6. The number of aryl methyl sites for hydroxylation is 1. The zero-order chi connectivity index (χ0) is 23.0. The number of allylic oxidation sites excluding steroid dienone is 1. The van der Waals surface area contributed by atoms with Gasteiger partial charge in [0.25, 0.3) is 10.0 Å². The number of hydrogen-bond acceptors (Lipinski definition) is 3. The van der Waals surface area contributed by atoms with Gasteiger partial charge in [-0.2, -0.15) is 0 Å². The summed E-state index contributed by atoms with van der Waals surface area (Å²) >= 11 is 0. The molecule has 0 atom stereocenters. The van der Waals surface area contributed by atoms with Crippen LogP contribution in [0.4, 0.5) is 0 Å². The highest BCUT2D eigenvalue weighted by Crippen LogP contribution is 2.53. The lowest BCUT2D eigenvalue weighted by molar-refractivity contribution is -0.00573. The molecule has 0 amide bonds. The maximum Gasteiger partial charge on any atom is 0.264 e. The number of nitrogens with zero attached hydrogens (tertiary/aromatic N) is 1. The average Bonchev–Trinajstić information content (AvgIpc) is 2.67. The van der Waals surface area contributed by atoms with Crippen LogP contribution in [0.5, 0.6) is 0 Å². The van der Waals surface area contributed by atoms with Gasteiger partial charge in [0, 0.05) is 6.54 Å². The molecule has 1 aliphatic carbocycles. The predicted octanol–water partition coefficient (Wildman–Crippen LogP) is 6.78. The molecule has 31 heavy (non-hydrogen) atoms. The van der Waals surface area contributed by atoms with E-state index in [1.54, 1.807) is 16.4 Å². The second-order valence-electron chi connectivity index (χ2n) is 10.4. The summed E-state index contributed by atoms with van der Waals surface area (Å²) in [6, 6.07) is 7.23. The van der Waals surface area contributed by atoms with Gasteiger partial charge in [-0.25, -0.2) is 8.42 Å². The Hall–Kier alpha value is -1.11. The Morgan fingerprint density at radius 2 is 1.48 bits per heavy atom. The van der Waals surface area contributed by atoms with Crippen molar-refractivity contribution in [3.63, 3.8) is 0 Å². The molecule has 1 fully saturated rings. The van der Waals surface area contributed by atoms with Crippen LogP contribution in [0.2, 0.25) is 16.6 Å². The van der Waals surface area contributed by atoms with E-state index in [-0.39, 0.29) is 0 Å². The van der Waals surface area contributed by atoms with Gasteiger partial charge >= 0.3 is 0 Å². The summed E-state index contributed by atoms with van der Waals surface area (Å²) in [6.45, 7) is 16.3. The third-order valence-electron chi connectivity index (χ3n) is 7.49. The minimum atomic E-state index is -3.60. The SMILES string of the molecule is Cc1ccc(S(=O)(=O)N2CCCC=C2C2(O[Si](C(C)C)(C(C)C)C(C)C)CCC2)cc1. The van der Waals surface area contributed by atoms with Crippen molar-refractivity contribution in [1.29, 1.82) is 0 Å². The van der Waals surface area contributed by atoms with E-state index in [0.717, 1.165) is 43.4 Å². The molecular formula is C25H41NO3SSi. The molecule has 174 valence electrons. The average molecular weight is 464 g/mol. The zero-order valence-electron chi connectivity index (χ0n) is 20.4. The highest BCUT2D eigenvalue weighted by molar-refractivity contribution is 7.89.